The maximum absolute atomic E-state index is 12.9. The van der Waals surface area contributed by atoms with Gasteiger partial charge < -0.3 is 14.2 Å². The summed E-state index contributed by atoms with van der Waals surface area (Å²) in [5, 5.41) is 1.01. The van der Waals surface area contributed by atoms with E-state index >= 15 is 0 Å². The van der Waals surface area contributed by atoms with Gasteiger partial charge in [0.05, 0.1) is 25.3 Å². The third-order valence-corrected chi connectivity index (χ3v) is 5.85. The molecule has 9 heteroatoms. The molecule has 0 spiro atoms. The van der Waals surface area contributed by atoms with E-state index in [1.807, 2.05) is 0 Å². The van der Waals surface area contributed by atoms with Gasteiger partial charge in [0.15, 0.2) is 11.5 Å². The second-order valence-corrected chi connectivity index (χ2v) is 8.39. The quantitative estimate of drug-likeness (QED) is 0.251. The van der Waals surface area contributed by atoms with E-state index < -0.39 is 11.7 Å². The molecule has 0 aliphatic rings. The highest BCUT2D eigenvalue weighted by molar-refractivity contribution is 6.31. The van der Waals surface area contributed by atoms with Gasteiger partial charge in [0.2, 0.25) is 0 Å². The third-order valence-electron chi connectivity index (χ3n) is 5.50. The van der Waals surface area contributed by atoms with Crippen molar-refractivity contribution in [2.24, 2.45) is 0 Å². The molecule has 0 aliphatic carbocycles. The van der Waals surface area contributed by atoms with Crippen LogP contribution in [0.3, 0.4) is 0 Å². The van der Waals surface area contributed by atoms with Gasteiger partial charge in [-0.1, -0.05) is 35.9 Å². The van der Waals surface area contributed by atoms with Crippen LogP contribution in [0.5, 0.6) is 23.0 Å². The van der Waals surface area contributed by atoms with Crippen molar-refractivity contribution < 1.29 is 32.2 Å². The first-order valence-corrected chi connectivity index (χ1v) is 11.2. The number of hydrogen-bond donors (Lipinski definition) is 0. The number of aromatic nitrogens is 1. The number of halogens is 4. The number of benzene rings is 3. The van der Waals surface area contributed by atoms with Gasteiger partial charge in [-0.15, -0.1) is 0 Å². The molecule has 0 fully saturated rings. The molecule has 0 radical (unpaired) electrons. The number of carbonyl (C=O) groups is 1. The Kier molecular flexibility index (Phi) is 7.35. The normalized spacial score (nSPS) is 11.4. The molecule has 5 nitrogen and oxygen atoms in total. The lowest BCUT2D eigenvalue weighted by molar-refractivity contribution is -0.137. The maximum atomic E-state index is 12.9. The number of ketones is 1. The fraction of sp³-hybridized carbons (Fsp3) is 0.185. The molecule has 0 aliphatic heterocycles. The Balaban J connectivity index is 1.50. The van der Waals surface area contributed by atoms with Crippen molar-refractivity contribution in [3.05, 3.63) is 88.6 Å². The zero-order chi connectivity index (χ0) is 25.9. The van der Waals surface area contributed by atoms with E-state index in [1.54, 1.807) is 42.6 Å². The number of ether oxygens (including phenoxy) is 3. The Morgan fingerprint density at radius 3 is 2.36 bits per heavy atom. The smallest absolute Gasteiger partial charge is 0.416 e. The molecule has 3 aromatic carbocycles. The number of hydrogen-bond acceptors (Lipinski definition) is 5. The predicted molar refractivity (Wildman–Crippen MR) is 130 cm³/mol. The lowest BCUT2D eigenvalue weighted by atomic mass is 10.0. The Bertz CT molecular complexity index is 1420. The van der Waals surface area contributed by atoms with Crippen LogP contribution in [0.15, 0.2) is 66.9 Å². The largest absolute Gasteiger partial charge is 0.493 e. The Morgan fingerprint density at radius 1 is 0.917 bits per heavy atom. The molecule has 0 bridgehead atoms. The van der Waals surface area contributed by atoms with Gasteiger partial charge in [-0.3, -0.25) is 9.78 Å². The molecule has 4 rings (SSSR count). The summed E-state index contributed by atoms with van der Waals surface area (Å²) in [4.78, 5) is 16.9. The number of Topliss-reactive ketones (excluding diaryl/α,β-unsaturated/α-hetero) is 1. The number of nitrogens with zero attached hydrogens (tertiary/aromatic N) is 1. The van der Waals surface area contributed by atoms with Gasteiger partial charge in [-0.05, 0) is 41.5 Å². The molecule has 0 N–H and O–H groups in total. The Labute approximate surface area is 210 Å². The van der Waals surface area contributed by atoms with Crippen LogP contribution in [0.2, 0.25) is 5.02 Å². The molecule has 36 heavy (non-hydrogen) atoms. The highest BCUT2D eigenvalue weighted by Crippen LogP contribution is 2.37. The van der Waals surface area contributed by atoms with Crippen molar-refractivity contribution >= 4 is 28.3 Å². The van der Waals surface area contributed by atoms with E-state index in [0.29, 0.717) is 50.1 Å². The highest BCUT2D eigenvalue weighted by atomic mass is 35.5. The van der Waals surface area contributed by atoms with E-state index in [4.69, 9.17) is 25.8 Å². The van der Waals surface area contributed by atoms with Crippen molar-refractivity contribution in [2.75, 3.05) is 14.2 Å². The second-order valence-electron chi connectivity index (χ2n) is 7.98. The molecule has 0 unspecified atom stereocenters. The Hall–Kier alpha value is -3.78. The van der Waals surface area contributed by atoms with E-state index in [9.17, 15) is 18.0 Å². The van der Waals surface area contributed by atoms with Crippen LogP contribution in [0.4, 0.5) is 13.2 Å². The zero-order valence-electron chi connectivity index (χ0n) is 19.4. The maximum Gasteiger partial charge on any atom is 0.416 e. The SMILES string of the molecule is COc1cc2nccc(Oc3ccc(CC(=O)Cc4cccc(C(F)(F)F)c4)c(Cl)c3)c2cc1OC. The van der Waals surface area contributed by atoms with Crippen LogP contribution in [0.1, 0.15) is 16.7 Å². The first-order valence-electron chi connectivity index (χ1n) is 10.8. The lowest BCUT2D eigenvalue weighted by Gasteiger charge is -2.13. The number of fused-ring (bicyclic) bond motifs is 1. The predicted octanol–water partition coefficient (Wildman–Crippen LogP) is 7.07. The molecule has 1 aromatic heterocycles. The minimum absolute atomic E-state index is 0.0233. The van der Waals surface area contributed by atoms with E-state index in [1.165, 1.54) is 26.4 Å². The van der Waals surface area contributed by atoms with Crippen LogP contribution in [-0.2, 0) is 23.8 Å². The summed E-state index contributed by atoms with van der Waals surface area (Å²) >= 11 is 6.40. The Morgan fingerprint density at radius 2 is 1.67 bits per heavy atom. The van der Waals surface area contributed by atoms with Gasteiger partial charge in [0.25, 0.3) is 0 Å². The zero-order valence-corrected chi connectivity index (χ0v) is 20.1. The molecule has 0 saturated heterocycles. The van der Waals surface area contributed by atoms with E-state index in [-0.39, 0.29) is 18.6 Å². The summed E-state index contributed by atoms with van der Waals surface area (Å²) < 4.78 is 55.5. The first kappa shape index (κ1) is 25.3. The summed E-state index contributed by atoms with van der Waals surface area (Å²) in [5.74, 6) is 1.76. The van der Waals surface area contributed by atoms with Crippen LogP contribution >= 0.6 is 11.6 Å². The van der Waals surface area contributed by atoms with Gasteiger partial charge >= 0.3 is 6.18 Å². The highest BCUT2D eigenvalue weighted by Gasteiger charge is 2.30. The van der Waals surface area contributed by atoms with Crippen LogP contribution in [-0.4, -0.2) is 25.0 Å². The van der Waals surface area contributed by atoms with Crippen molar-refractivity contribution in [3.63, 3.8) is 0 Å². The molecule has 0 amide bonds. The molecule has 4 aromatic rings. The van der Waals surface area contributed by atoms with Crippen LogP contribution < -0.4 is 14.2 Å². The lowest BCUT2D eigenvalue weighted by Crippen LogP contribution is -2.09. The number of alkyl halides is 3. The van der Waals surface area contributed by atoms with E-state index in [0.717, 1.165) is 12.1 Å². The average molecular weight is 516 g/mol. The monoisotopic (exact) mass is 515 g/mol. The van der Waals surface area contributed by atoms with Crippen LogP contribution in [0, 0.1) is 0 Å². The number of methoxy groups -OCH3 is 2. The van der Waals surface area contributed by atoms with Gasteiger partial charge in [-0.2, -0.15) is 13.2 Å². The molecule has 0 atom stereocenters. The minimum Gasteiger partial charge on any atom is -0.493 e. The summed E-state index contributed by atoms with van der Waals surface area (Å²) in [5.41, 5.74) is 0.703. The number of pyridine rings is 1. The van der Waals surface area contributed by atoms with Crippen molar-refractivity contribution in [2.45, 2.75) is 19.0 Å². The minimum atomic E-state index is -4.46. The fourth-order valence-corrected chi connectivity index (χ4v) is 4.00. The first-order chi connectivity index (χ1) is 17.2. The number of carbonyl (C=O) groups excluding carboxylic acids is 1. The van der Waals surface area contributed by atoms with E-state index in [2.05, 4.69) is 4.98 Å². The summed E-state index contributed by atoms with van der Waals surface area (Å²) in [6.45, 7) is 0. The average Bonchev–Trinajstić information content (AvgIpc) is 2.84. The second kappa shape index (κ2) is 10.5. The van der Waals surface area contributed by atoms with Crippen molar-refractivity contribution in [1.29, 1.82) is 0 Å². The van der Waals surface area contributed by atoms with Crippen molar-refractivity contribution in [1.82, 2.24) is 4.98 Å². The fourth-order valence-electron chi connectivity index (χ4n) is 3.76. The molecule has 186 valence electrons. The van der Waals surface area contributed by atoms with Gasteiger partial charge in [-0.25, -0.2) is 0 Å². The van der Waals surface area contributed by atoms with Crippen molar-refractivity contribution in [3.8, 4) is 23.0 Å². The summed E-state index contributed by atoms with van der Waals surface area (Å²) in [6, 6.07) is 14.9. The topological polar surface area (TPSA) is 57.7 Å². The molecular formula is C27H21ClF3NO4. The summed E-state index contributed by atoms with van der Waals surface area (Å²) in [7, 11) is 3.07. The standard InChI is InChI=1S/C27H21ClF3NO4/c1-34-25-14-21-23(15-26(25)35-2)32-9-8-24(21)36-20-7-6-17(22(28)13-20)12-19(33)11-16-4-3-5-18(10-16)27(29,30)31/h3-10,13-15H,11-12H2,1-2H3. The van der Waals surface area contributed by atoms with Crippen LogP contribution in [0.25, 0.3) is 10.9 Å². The number of rotatable bonds is 8. The molecule has 1 heterocycles. The summed E-state index contributed by atoms with van der Waals surface area (Å²) in [6.07, 6.45) is -3.01. The van der Waals surface area contributed by atoms with Gasteiger partial charge in [0.1, 0.15) is 17.3 Å². The van der Waals surface area contributed by atoms with Gasteiger partial charge in [0, 0.05) is 35.5 Å². The molecule has 0 saturated carbocycles. The molecular weight excluding hydrogens is 495 g/mol. The third kappa shape index (κ3) is 5.71.